The van der Waals surface area contributed by atoms with Crippen molar-refractivity contribution < 1.29 is 0 Å². The van der Waals surface area contributed by atoms with Crippen molar-refractivity contribution in [3.8, 4) is 0 Å². The smallest absolute Gasteiger partial charge is 0.221 e. The van der Waals surface area contributed by atoms with Gasteiger partial charge in [0.05, 0.1) is 6.20 Å². The van der Waals surface area contributed by atoms with E-state index >= 15 is 0 Å². The fourth-order valence-electron chi connectivity index (χ4n) is 0.683. The number of rotatable bonds is 0. The summed E-state index contributed by atoms with van der Waals surface area (Å²) in [7, 11) is 0. The highest BCUT2D eigenvalue weighted by molar-refractivity contribution is 7.12. The number of hydrogen-bond donors (Lipinski definition) is 1. The minimum absolute atomic E-state index is 0.303. The first kappa shape index (κ1) is 5.55. The van der Waals surface area contributed by atoms with Crippen LogP contribution in [-0.2, 0) is 0 Å². The van der Waals surface area contributed by atoms with E-state index in [1.54, 1.807) is 12.4 Å². The van der Waals surface area contributed by atoms with Gasteiger partial charge in [-0.2, -0.15) is 4.37 Å². The van der Waals surface area contributed by atoms with Crippen molar-refractivity contribution in [3.05, 3.63) is 12.4 Å². The quantitative estimate of drug-likeness (QED) is 0.602. The zero-order valence-electron chi connectivity index (χ0n) is 4.98. The van der Waals surface area contributed by atoms with E-state index in [-0.39, 0.29) is 0 Å². The van der Waals surface area contributed by atoms with Crippen molar-refractivity contribution in [1.82, 2.24) is 14.3 Å². The first-order valence-electron chi connectivity index (χ1n) is 2.69. The van der Waals surface area contributed by atoms with Crippen LogP contribution in [0.15, 0.2) is 12.4 Å². The van der Waals surface area contributed by atoms with Gasteiger partial charge in [-0.05, 0) is 11.5 Å². The van der Waals surface area contributed by atoms with Crippen LogP contribution in [-0.4, -0.2) is 14.3 Å². The maximum absolute atomic E-state index is 5.34. The van der Waals surface area contributed by atoms with Crippen LogP contribution in [0.2, 0.25) is 0 Å². The molecule has 0 bridgehead atoms. The third-order valence-corrected chi connectivity index (χ3v) is 1.84. The predicted molar refractivity (Wildman–Crippen MR) is 39.6 cm³/mol. The minimum Gasteiger partial charge on any atom is -0.368 e. The second-order valence-electron chi connectivity index (χ2n) is 1.81. The lowest BCUT2D eigenvalue weighted by Crippen LogP contribution is -1.91. The molecule has 2 rings (SSSR count). The Morgan fingerprint density at radius 2 is 2.30 bits per heavy atom. The van der Waals surface area contributed by atoms with Crippen molar-refractivity contribution >= 4 is 27.7 Å². The molecule has 2 aromatic heterocycles. The van der Waals surface area contributed by atoms with E-state index in [9.17, 15) is 0 Å². The van der Waals surface area contributed by atoms with E-state index in [1.165, 1.54) is 11.5 Å². The molecule has 0 saturated heterocycles. The molecular formula is C5H4N4S. The summed E-state index contributed by atoms with van der Waals surface area (Å²) in [5.74, 6) is 0.303. The molecule has 10 heavy (non-hydrogen) atoms. The molecule has 0 saturated carbocycles. The minimum atomic E-state index is 0.303. The lowest BCUT2D eigenvalue weighted by Gasteiger charge is -1.87. The van der Waals surface area contributed by atoms with Crippen molar-refractivity contribution in [3.63, 3.8) is 0 Å². The van der Waals surface area contributed by atoms with Gasteiger partial charge in [-0.3, -0.25) is 0 Å². The number of nitrogen functional groups attached to an aromatic ring is 1. The average molecular weight is 152 g/mol. The van der Waals surface area contributed by atoms with Gasteiger partial charge in [-0.15, -0.1) is 0 Å². The molecule has 0 aliphatic rings. The summed E-state index contributed by atoms with van der Waals surface area (Å²) in [4.78, 5) is 8.61. The zero-order valence-corrected chi connectivity index (χ0v) is 5.80. The summed E-state index contributed by atoms with van der Waals surface area (Å²) in [6.45, 7) is 0. The Morgan fingerprint density at radius 1 is 1.40 bits per heavy atom. The number of fused-ring (bicyclic) bond motifs is 1. The van der Waals surface area contributed by atoms with Gasteiger partial charge in [-0.1, -0.05) is 0 Å². The Bertz CT molecular complexity index is 355. The molecule has 4 nitrogen and oxygen atoms in total. The second kappa shape index (κ2) is 1.88. The molecule has 0 aliphatic heterocycles. The van der Waals surface area contributed by atoms with Gasteiger partial charge < -0.3 is 5.73 Å². The van der Waals surface area contributed by atoms with Gasteiger partial charge in [0.1, 0.15) is 4.83 Å². The summed E-state index contributed by atoms with van der Waals surface area (Å²) in [5.41, 5.74) is 5.34. The number of nitrogens with zero attached hydrogens (tertiary/aromatic N) is 3. The average Bonchev–Trinajstić information content (AvgIpc) is 2.33. The van der Waals surface area contributed by atoms with Gasteiger partial charge in [0, 0.05) is 11.6 Å². The topological polar surface area (TPSA) is 64.7 Å². The fraction of sp³-hybridized carbons (Fsp3) is 0. The molecule has 0 atom stereocenters. The van der Waals surface area contributed by atoms with Crippen LogP contribution in [0.5, 0.6) is 0 Å². The van der Waals surface area contributed by atoms with E-state index in [0.29, 0.717) is 5.95 Å². The van der Waals surface area contributed by atoms with Gasteiger partial charge >= 0.3 is 0 Å². The molecule has 0 fully saturated rings. The summed E-state index contributed by atoms with van der Waals surface area (Å²) >= 11 is 1.32. The monoisotopic (exact) mass is 152 g/mol. The van der Waals surface area contributed by atoms with Gasteiger partial charge in [-0.25, -0.2) is 9.97 Å². The number of nitrogens with two attached hydrogens (primary N) is 1. The largest absolute Gasteiger partial charge is 0.368 e. The second-order valence-corrected chi connectivity index (χ2v) is 2.59. The van der Waals surface area contributed by atoms with Crippen LogP contribution in [0, 0.1) is 0 Å². The van der Waals surface area contributed by atoms with Gasteiger partial charge in [0.2, 0.25) is 5.95 Å². The van der Waals surface area contributed by atoms with Crippen LogP contribution in [0.25, 0.3) is 10.2 Å². The van der Waals surface area contributed by atoms with Crippen molar-refractivity contribution in [1.29, 1.82) is 0 Å². The molecule has 2 aromatic rings. The first-order valence-corrected chi connectivity index (χ1v) is 3.46. The van der Waals surface area contributed by atoms with Crippen LogP contribution in [0.4, 0.5) is 5.95 Å². The molecule has 0 unspecified atom stereocenters. The van der Waals surface area contributed by atoms with E-state index in [0.717, 1.165) is 10.2 Å². The normalized spacial score (nSPS) is 10.4. The lowest BCUT2D eigenvalue weighted by molar-refractivity contribution is 1.25. The Morgan fingerprint density at radius 3 is 3.20 bits per heavy atom. The Hall–Kier alpha value is -1.23. The standard InChI is InChI=1S/C5H4N4S/c6-5-7-1-3-2-8-10-4(3)9-5/h1-2H,(H2,6,7,9). The maximum Gasteiger partial charge on any atom is 0.221 e. The summed E-state index contributed by atoms with van der Waals surface area (Å²) in [5, 5.41) is 0.944. The summed E-state index contributed by atoms with van der Waals surface area (Å²) in [6, 6.07) is 0. The molecule has 0 aromatic carbocycles. The molecule has 0 spiro atoms. The number of aromatic nitrogens is 3. The van der Waals surface area contributed by atoms with Crippen LogP contribution >= 0.6 is 11.5 Å². The summed E-state index contributed by atoms with van der Waals surface area (Å²) < 4.78 is 3.93. The van der Waals surface area contributed by atoms with Crippen molar-refractivity contribution in [2.75, 3.05) is 5.73 Å². The van der Waals surface area contributed by atoms with Crippen molar-refractivity contribution in [2.24, 2.45) is 0 Å². The molecule has 0 radical (unpaired) electrons. The van der Waals surface area contributed by atoms with E-state index in [2.05, 4.69) is 14.3 Å². The first-order chi connectivity index (χ1) is 4.86. The fourth-order valence-corrected chi connectivity index (χ4v) is 1.29. The summed E-state index contributed by atoms with van der Waals surface area (Å²) in [6.07, 6.45) is 3.39. The highest BCUT2D eigenvalue weighted by atomic mass is 32.1. The SMILES string of the molecule is Nc1ncc2cnsc2n1. The molecule has 0 amide bonds. The van der Waals surface area contributed by atoms with E-state index in [1.807, 2.05) is 0 Å². The highest BCUT2D eigenvalue weighted by Gasteiger charge is 1.96. The Balaban J connectivity index is 2.86. The zero-order chi connectivity index (χ0) is 6.97. The maximum atomic E-state index is 5.34. The number of anilines is 1. The van der Waals surface area contributed by atoms with E-state index in [4.69, 9.17) is 5.73 Å². The van der Waals surface area contributed by atoms with Crippen LogP contribution in [0.3, 0.4) is 0 Å². The molecular weight excluding hydrogens is 148 g/mol. The lowest BCUT2D eigenvalue weighted by atomic mass is 10.5. The van der Waals surface area contributed by atoms with Gasteiger partial charge in [0.15, 0.2) is 0 Å². The van der Waals surface area contributed by atoms with Crippen LogP contribution in [0.1, 0.15) is 0 Å². The van der Waals surface area contributed by atoms with Crippen molar-refractivity contribution in [2.45, 2.75) is 0 Å². The Labute approximate surface area is 60.9 Å². The molecule has 2 heterocycles. The van der Waals surface area contributed by atoms with Gasteiger partial charge in [0.25, 0.3) is 0 Å². The molecule has 2 N–H and O–H groups in total. The Kier molecular flexibility index (Phi) is 1.04. The molecule has 0 aliphatic carbocycles. The van der Waals surface area contributed by atoms with E-state index < -0.39 is 0 Å². The molecule has 50 valence electrons. The third-order valence-electron chi connectivity index (χ3n) is 1.13. The van der Waals surface area contributed by atoms with Crippen LogP contribution < -0.4 is 5.73 Å². The number of hydrogen-bond acceptors (Lipinski definition) is 5. The third kappa shape index (κ3) is 0.714. The predicted octanol–water partition coefficient (Wildman–Crippen LogP) is 0.669. The molecule has 5 heteroatoms. The highest BCUT2D eigenvalue weighted by Crippen LogP contribution is 2.13.